The molecule has 0 bridgehead atoms. The molecule has 1 aliphatic rings. The molecule has 0 aliphatic carbocycles. The van der Waals surface area contributed by atoms with Gasteiger partial charge < -0.3 is 5.32 Å². The van der Waals surface area contributed by atoms with Gasteiger partial charge in [0.1, 0.15) is 0 Å². The minimum atomic E-state index is -1.39. The molecule has 20 heavy (non-hydrogen) atoms. The molecule has 0 spiro atoms. The molecule has 1 N–H and O–H groups in total. The molecule has 1 aliphatic heterocycles. The maximum atomic E-state index is 14.0. The number of hydrogen-bond acceptors (Lipinski definition) is 2. The lowest BCUT2D eigenvalue weighted by molar-refractivity contribution is 0.162. The highest BCUT2D eigenvalue weighted by Crippen LogP contribution is 2.30. The second-order valence-electron chi connectivity index (χ2n) is 4.93. The standard InChI is InChI=1S/C15H19F3N2/c1-2-3-4-13(20-9-7-19-8-10-20)11-5-6-12(16)15(18)14(11)17/h2,5-6,13,19H,1,3-4,7-10H2/t13-/m1/s1. The first-order valence-corrected chi connectivity index (χ1v) is 6.84. The van der Waals surface area contributed by atoms with E-state index in [4.69, 9.17) is 0 Å². The van der Waals surface area contributed by atoms with Gasteiger partial charge in [-0.1, -0.05) is 12.1 Å². The molecule has 0 unspecified atom stereocenters. The Labute approximate surface area is 117 Å². The van der Waals surface area contributed by atoms with E-state index in [0.29, 0.717) is 12.8 Å². The molecule has 1 fully saturated rings. The summed E-state index contributed by atoms with van der Waals surface area (Å²) in [4.78, 5) is 2.11. The van der Waals surface area contributed by atoms with Crippen LogP contribution in [-0.4, -0.2) is 31.1 Å². The van der Waals surface area contributed by atoms with E-state index in [0.717, 1.165) is 32.2 Å². The number of hydrogen-bond donors (Lipinski definition) is 1. The molecule has 1 heterocycles. The Morgan fingerprint density at radius 1 is 1.20 bits per heavy atom. The van der Waals surface area contributed by atoms with Crippen LogP contribution in [0.4, 0.5) is 13.2 Å². The third-order valence-electron chi connectivity index (χ3n) is 3.66. The Morgan fingerprint density at radius 3 is 2.55 bits per heavy atom. The van der Waals surface area contributed by atoms with Crippen molar-refractivity contribution in [2.24, 2.45) is 0 Å². The van der Waals surface area contributed by atoms with E-state index in [2.05, 4.69) is 16.8 Å². The predicted octanol–water partition coefficient (Wildman–Crippen LogP) is 3.02. The molecular formula is C15H19F3N2. The van der Waals surface area contributed by atoms with Crippen LogP contribution in [0.25, 0.3) is 0 Å². The zero-order valence-corrected chi connectivity index (χ0v) is 11.3. The third kappa shape index (κ3) is 3.22. The van der Waals surface area contributed by atoms with Gasteiger partial charge >= 0.3 is 0 Å². The maximum Gasteiger partial charge on any atom is 0.194 e. The van der Waals surface area contributed by atoms with Gasteiger partial charge in [-0.25, -0.2) is 13.2 Å². The molecule has 0 amide bonds. The van der Waals surface area contributed by atoms with Crippen molar-refractivity contribution in [3.63, 3.8) is 0 Å². The van der Waals surface area contributed by atoms with Crippen molar-refractivity contribution in [2.75, 3.05) is 26.2 Å². The van der Waals surface area contributed by atoms with Crippen LogP contribution in [0.3, 0.4) is 0 Å². The lowest BCUT2D eigenvalue weighted by atomic mass is 9.98. The Balaban J connectivity index is 2.29. The Kier molecular flexibility index (Phi) is 5.20. The van der Waals surface area contributed by atoms with Gasteiger partial charge in [0.25, 0.3) is 0 Å². The summed E-state index contributed by atoms with van der Waals surface area (Å²) in [6, 6.07) is 2.10. The van der Waals surface area contributed by atoms with E-state index in [9.17, 15) is 13.2 Å². The van der Waals surface area contributed by atoms with Crippen molar-refractivity contribution >= 4 is 0 Å². The number of piperazine rings is 1. The summed E-state index contributed by atoms with van der Waals surface area (Å²) in [5.74, 6) is -3.60. The van der Waals surface area contributed by atoms with Gasteiger partial charge in [0.15, 0.2) is 17.5 Å². The molecule has 5 heteroatoms. The minimum absolute atomic E-state index is 0.229. The monoisotopic (exact) mass is 284 g/mol. The quantitative estimate of drug-likeness (QED) is 0.660. The van der Waals surface area contributed by atoms with Gasteiger partial charge in [-0.2, -0.15) is 0 Å². The van der Waals surface area contributed by atoms with Gasteiger partial charge in [-0.05, 0) is 18.9 Å². The fraction of sp³-hybridized carbons (Fsp3) is 0.467. The highest BCUT2D eigenvalue weighted by atomic mass is 19.2. The molecule has 2 nitrogen and oxygen atoms in total. The van der Waals surface area contributed by atoms with Crippen molar-refractivity contribution in [1.82, 2.24) is 10.2 Å². The first-order valence-electron chi connectivity index (χ1n) is 6.84. The van der Waals surface area contributed by atoms with Crippen LogP contribution in [0.2, 0.25) is 0 Å². The fourth-order valence-electron chi connectivity index (χ4n) is 2.60. The van der Waals surface area contributed by atoms with E-state index in [1.54, 1.807) is 6.08 Å². The molecule has 1 aromatic rings. The summed E-state index contributed by atoms with van der Waals surface area (Å²) in [5.41, 5.74) is 0.229. The van der Waals surface area contributed by atoms with Crippen molar-refractivity contribution in [1.29, 1.82) is 0 Å². The largest absolute Gasteiger partial charge is 0.314 e. The SMILES string of the molecule is C=CCC[C@H](c1ccc(F)c(F)c1F)N1CCNCC1. The van der Waals surface area contributed by atoms with Crippen LogP contribution in [-0.2, 0) is 0 Å². The van der Waals surface area contributed by atoms with E-state index in [1.807, 2.05) is 0 Å². The number of nitrogens with one attached hydrogen (secondary N) is 1. The van der Waals surface area contributed by atoms with Crippen LogP contribution < -0.4 is 5.32 Å². The summed E-state index contributed by atoms with van der Waals surface area (Å²) < 4.78 is 40.5. The molecule has 1 saturated heterocycles. The number of rotatable bonds is 5. The van der Waals surface area contributed by atoms with Crippen LogP contribution in [0.5, 0.6) is 0 Å². The summed E-state index contributed by atoms with van der Waals surface area (Å²) in [6.45, 7) is 6.83. The van der Waals surface area contributed by atoms with Gasteiger partial charge in [-0.3, -0.25) is 4.90 Å². The molecular weight excluding hydrogens is 265 g/mol. The van der Waals surface area contributed by atoms with E-state index < -0.39 is 17.5 Å². The summed E-state index contributed by atoms with van der Waals surface area (Å²) in [7, 11) is 0. The van der Waals surface area contributed by atoms with Crippen LogP contribution in [0.15, 0.2) is 24.8 Å². The Bertz CT molecular complexity index is 470. The van der Waals surface area contributed by atoms with Crippen LogP contribution >= 0.6 is 0 Å². The first kappa shape index (κ1) is 15.1. The van der Waals surface area contributed by atoms with Crippen LogP contribution in [0, 0.1) is 17.5 Å². The third-order valence-corrected chi connectivity index (χ3v) is 3.66. The second-order valence-corrected chi connectivity index (χ2v) is 4.93. The first-order chi connectivity index (χ1) is 9.65. The lowest BCUT2D eigenvalue weighted by Gasteiger charge is -2.35. The van der Waals surface area contributed by atoms with Crippen molar-refractivity contribution < 1.29 is 13.2 Å². The highest BCUT2D eigenvalue weighted by Gasteiger charge is 2.26. The topological polar surface area (TPSA) is 15.3 Å². The fourth-order valence-corrected chi connectivity index (χ4v) is 2.60. The van der Waals surface area contributed by atoms with Crippen LogP contribution in [0.1, 0.15) is 24.4 Å². The predicted molar refractivity (Wildman–Crippen MR) is 72.9 cm³/mol. The number of benzene rings is 1. The maximum absolute atomic E-state index is 14.0. The number of nitrogens with zero attached hydrogens (tertiary/aromatic N) is 1. The van der Waals surface area contributed by atoms with Gasteiger partial charge in [0.05, 0.1) is 0 Å². The average molecular weight is 284 g/mol. The molecule has 1 aromatic carbocycles. The highest BCUT2D eigenvalue weighted by molar-refractivity contribution is 5.24. The van der Waals surface area contributed by atoms with E-state index in [1.165, 1.54) is 6.07 Å². The zero-order chi connectivity index (χ0) is 14.5. The molecule has 110 valence electrons. The lowest BCUT2D eigenvalue weighted by Crippen LogP contribution is -2.45. The molecule has 0 aromatic heterocycles. The number of halogens is 3. The summed E-state index contributed by atoms with van der Waals surface area (Å²) in [6.07, 6.45) is 3.10. The van der Waals surface area contributed by atoms with E-state index >= 15 is 0 Å². The summed E-state index contributed by atoms with van der Waals surface area (Å²) in [5, 5.41) is 3.22. The minimum Gasteiger partial charge on any atom is -0.314 e. The van der Waals surface area contributed by atoms with Gasteiger partial charge in [0.2, 0.25) is 0 Å². The smallest absolute Gasteiger partial charge is 0.194 e. The van der Waals surface area contributed by atoms with Gasteiger partial charge in [0, 0.05) is 37.8 Å². The zero-order valence-electron chi connectivity index (χ0n) is 11.3. The normalized spacial score (nSPS) is 17.9. The van der Waals surface area contributed by atoms with Crippen molar-refractivity contribution in [3.8, 4) is 0 Å². The number of allylic oxidation sites excluding steroid dienone is 1. The molecule has 2 rings (SSSR count). The molecule has 0 radical (unpaired) electrons. The Hall–Kier alpha value is -1.33. The Morgan fingerprint density at radius 2 is 1.90 bits per heavy atom. The average Bonchev–Trinajstić information content (AvgIpc) is 2.48. The summed E-state index contributed by atoms with van der Waals surface area (Å²) >= 11 is 0. The van der Waals surface area contributed by atoms with Crippen molar-refractivity contribution in [2.45, 2.75) is 18.9 Å². The van der Waals surface area contributed by atoms with Gasteiger partial charge in [-0.15, -0.1) is 6.58 Å². The van der Waals surface area contributed by atoms with Crippen molar-refractivity contribution in [3.05, 3.63) is 47.8 Å². The second kappa shape index (κ2) is 6.90. The van der Waals surface area contributed by atoms with E-state index in [-0.39, 0.29) is 11.6 Å². The molecule has 0 saturated carbocycles. The molecule has 1 atom stereocenters.